The highest BCUT2D eigenvalue weighted by Crippen LogP contribution is 2.32. The molecule has 11 heteroatoms. The van der Waals surface area contributed by atoms with Crippen LogP contribution in [-0.4, -0.2) is 75.3 Å². The molecule has 0 bridgehead atoms. The van der Waals surface area contributed by atoms with Crippen molar-refractivity contribution in [2.45, 2.75) is 52.7 Å². The lowest BCUT2D eigenvalue weighted by Gasteiger charge is -2.32. The van der Waals surface area contributed by atoms with Crippen LogP contribution >= 0.6 is 0 Å². The number of carbonyl (C=O) groups excluding carboxylic acids is 3. The molecule has 1 fully saturated rings. The molecule has 1 aromatic heterocycles. The molecule has 0 spiro atoms. The minimum atomic E-state index is -1.08. The molecule has 0 saturated carbocycles. The summed E-state index contributed by atoms with van der Waals surface area (Å²) < 4.78 is 32.9. The SMILES string of the molecule is CCOCC(=O)OCOc1c(OC)ccnc1C(=O)N[C@H]1COC[C@H](Cc2ccccc2)[C@@H](CC(C)C)[C@H](C)OC1=O. The highest BCUT2D eigenvalue weighted by Gasteiger charge is 2.35. The predicted molar refractivity (Wildman–Crippen MR) is 153 cm³/mol. The summed E-state index contributed by atoms with van der Waals surface area (Å²) in [5.74, 6) is -1.23. The summed E-state index contributed by atoms with van der Waals surface area (Å²) in [5.41, 5.74) is 1.03. The Morgan fingerprint density at radius 1 is 1.14 bits per heavy atom. The maximum absolute atomic E-state index is 13.4. The summed E-state index contributed by atoms with van der Waals surface area (Å²) in [4.78, 5) is 42.5. The van der Waals surface area contributed by atoms with Crippen molar-refractivity contribution in [1.82, 2.24) is 10.3 Å². The molecule has 1 aromatic carbocycles. The molecule has 42 heavy (non-hydrogen) atoms. The van der Waals surface area contributed by atoms with Crippen molar-refractivity contribution in [1.29, 1.82) is 0 Å². The Kier molecular flexibility index (Phi) is 13.0. The van der Waals surface area contributed by atoms with Gasteiger partial charge in [0.2, 0.25) is 6.79 Å². The Morgan fingerprint density at radius 3 is 2.60 bits per heavy atom. The number of carbonyl (C=O) groups is 3. The number of esters is 2. The minimum Gasteiger partial charge on any atom is -0.493 e. The molecule has 2 aromatic rings. The number of nitrogens with zero attached hydrogens (tertiary/aromatic N) is 1. The van der Waals surface area contributed by atoms with Crippen molar-refractivity contribution >= 4 is 17.8 Å². The topological polar surface area (TPSA) is 132 Å². The minimum absolute atomic E-state index is 0.0487. The molecule has 1 amide bonds. The average Bonchev–Trinajstić information content (AvgIpc) is 3.02. The van der Waals surface area contributed by atoms with Gasteiger partial charge >= 0.3 is 11.9 Å². The van der Waals surface area contributed by atoms with Crippen molar-refractivity contribution in [3.8, 4) is 11.5 Å². The number of hydrogen-bond acceptors (Lipinski definition) is 10. The van der Waals surface area contributed by atoms with Gasteiger partial charge in [-0.3, -0.25) is 4.79 Å². The second kappa shape index (κ2) is 16.7. The van der Waals surface area contributed by atoms with Crippen LogP contribution in [0.4, 0.5) is 0 Å². The predicted octanol–water partition coefficient (Wildman–Crippen LogP) is 3.59. The van der Waals surface area contributed by atoms with Crippen molar-refractivity contribution in [3.63, 3.8) is 0 Å². The summed E-state index contributed by atoms with van der Waals surface area (Å²) in [6.07, 6.45) is 2.61. The first-order chi connectivity index (χ1) is 20.2. The van der Waals surface area contributed by atoms with Crippen molar-refractivity contribution in [2.75, 3.05) is 40.3 Å². The number of rotatable bonds is 13. The van der Waals surface area contributed by atoms with Crippen LogP contribution in [0.2, 0.25) is 0 Å². The van der Waals surface area contributed by atoms with Gasteiger partial charge in [-0.1, -0.05) is 44.2 Å². The average molecular weight is 587 g/mol. The van der Waals surface area contributed by atoms with Crippen LogP contribution in [0.1, 0.15) is 50.2 Å². The molecule has 230 valence electrons. The Labute approximate surface area is 247 Å². The maximum atomic E-state index is 13.4. The van der Waals surface area contributed by atoms with E-state index in [1.54, 1.807) is 6.92 Å². The highest BCUT2D eigenvalue weighted by molar-refractivity contribution is 5.98. The van der Waals surface area contributed by atoms with Crippen molar-refractivity contribution in [3.05, 3.63) is 53.9 Å². The number of cyclic esters (lactones) is 1. The number of methoxy groups -OCH3 is 1. The first-order valence-electron chi connectivity index (χ1n) is 14.3. The summed E-state index contributed by atoms with van der Waals surface area (Å²) in [6.45, 7) is 7.89. The number of aromatic nitrogens is 1. The first kappa shape index (κ1) is 32.8. The molecular weight excluding hydrogens is 544 g/mol. The second-order valence-electron chi connectivity index (χ2n) is 10.6. The lowest BCUT2D eigenvalue weighted by molar-refractivity contribution is -0.156. The van der Waals surface area contributed by atoms with E-state index in [1.807, 2.05) is 25.1 Å². The van der Waals surface area contributed by atoms with Crippen LogP contribution < -0.4 is 14.8 Å². The quantitative estimate of drug-likeness (QED) is 0.274. The first-order valence-corrected chi connectivity index (χ1v) is 14.3. The standard InChI is InChI=1S/C31H42N2O9/c1-6-38-18-27(34)40-19-41-29-26(37-5)12-13-32-28(29)30(35)33-25-17-39-16-23(15-22-10-8-7-9-11-22)24(14-20(2)3)21(4)42-31(25)36/h7-13,20-21,23-25H,6,14-19H2,1-5H3,(H,33,35)/t21-,23-,24-,25-/m0/s1. The van der Waals surface area contributed by atoms with Gasteiger partial charge in [0.15, 0.2) is 23.2 Å². The largest absolute Gasteiger partial charge is 0.493 e. The number of hydrogen-bond donors (Lipinski definition) is 1. The van der Waals surface area contributed by atoms with E-state index in [0.29, 0.717) is 19.1 Å². The third kappa shape index (κ3) is 9.70. The maximum Gasteiger partial charge on any atom is 0.334 e. The van der Waals surface area contributed by atoms with E-state index in [1.165, 1.54) is 24.9 Å². The Balaban J connectivity index is 1.75. The van der Waals surface area contributed by atoms with Gasteiger partial charge in [-0.25, -0.2) is 14.6 Å². The zero-order valence-corrected chi connectivity index (χ0v) is 25.0. The van der Waals surface area contributed by atoms with Gasteiger partial charge in [-0.2, -0.15) is 0 Å². The fourth-order valence-corrected chi connectivity index (χ4v) is 4.92. The van der Waals surface area contributed by atoms with E-state index in [-0.39, 0.29) is 42.2 Å². The van der Waals surface area contributed by atoms with E-state index in [2.05, 4.69) is 36.3 Å². The Bertz CT molecular complexity index is 1160. The number of benzene rings is 1. The fourth-order valence-electron chi connectivity index (χ4n) is 4.92. The molecule has 4 atom stereocenters. The fraction of sp³-hybridized carbons (Fsp3) is 0.548. The molecule has 0 unspecified atom stereocenters. The summed E-state index contributed by atoms with van der Waals surface area (Å²) in [7, 11) is 1.40. The number of amides is 1. The summed E-state index contributed by atoms with van der Waals surface area (Å²) in [6, 6.07) is 10.6. The zero-order valence-electron chi connectivity index (χ0n) is 25.0. The van der Waals surface area contributed by atoms with Gasteiger partial charge in [0, 0.05) is 24.8 Å². The van der Waals surface area contributed by atoms with Gasteiger partial charge in [0.25, 0.3) is 5.91 Å². The smallest absolute Gasteiger partial charge is 0.334 e. The van der Waals surface area contributed by atoms with Crippen LogP contribution in [-0.2, 0) is 35.0 Å². The number of ether oxygens (including phenoxy) is 6. The third-order valence-corrected chi connectivity index (χ3v) is 6.95. The van der Waals surface area contributed by atoms with Crippen LogP contribution in [0.5, 0.6) is 11.5 Å². The highest BCUT2D eigenvalue weighted by atomic mass is 16.7. The summed E-state index contributed by atoms with van der Waals surface area (Å²) in [5, 5.41) is 2.68. The molecule has 0 aliphatic carbocycles. The molecular formula is C31H42N2O9. The molecule has 1 aliphatic rings. The van der Waals surface area contributed by atoms with E-state index in [9.17, 15) is 14.4 Å². The van der Waals surface area contributed by atoms with Crippen molar-refractivity contribution < 1.29 is 42.8 Å². The number of nitrogens with one attached hydrogen (secondary N) is 1. The molecule has 1 aliphatic heterocycles. The van der Waals surface area contributed by atoms with Crippen molar-refractivity contribution in [2.24, 2.45) is 17.8 Å². The zero-order chi connectivity index (χ0) is 30.5. The van der Waals surface area contributed by atoms with E-state index < -0.39 is 36.8 Å². The molecule has 11 nitrogen and oxygen atoms in total. The van der Waals surface area contributed by atoms with Crippen LogP contribution in [0, 0.1) is 17.8 Å². The molecule has 2 heterocycles. The van der Waals surface area contributed by atoms with Gasteiger partial charge < -0.3 is 33.7 Å². The van der Waals surface area contributed by atoms with Gasteiger partial charge in [-0.15, -0.1) is 0 Å². The molecule has 3 rings (SSSR count). The van der Waals surface area contributed by atoms with Gasteiger partial charge in [0.1, 0.15) is 12.7 Å². The lowest BCUT2D eigenvalue weighted by Crippen LogP contribution is -2.46. The van der Waals surface area contributed by atoms with E-state index >= 15 is 0 Å². The van der Waals surface area contributed by atoms with Crippen LogP contribution in [0.15, 0.2) is 42.6 Å². The van der Waals surface area contributed by atoms with Crippen LogP contribution in [0.3, 0.4) is 0 Å². The van der Waals surface area contributed by atoms with E-state index in [0.717, 1.165) is 12.8 Å². The number of pyridine rings is 1. The summed E-state index contributed by atoms with van der Waals surface area (Å²) >= 11 is 0. The molecule has 1 N–H and O–H groups in total. The monoisotopic (exact) mass is 586 g/mol. The lowest BCUT2D eigenvalue weighted by atomic mass is 9.79. The molecule has 1 saturated heterocycles. The second-order valence-corrected chi connectivity index (χ2v) is 10.6. The Morgan fingerprint density at radius 2 is 1.90 bits per heavy atom. The van der Waals surface area contributed by atoms with Crippen LogP contribution in [0.25, 0.3) is 0 Å². The Hall–Kier alpha value is -3.70. The van der Waals surface area contributed by atoms with Gasteiger partial charge in [-0.05, 0) is 44.1 Å². The van der Waals surface area contributed by atoms with Gasteiger partial charge in [0.05, 0.1) is 20.3 Å². The van der Waals surface area contributed by atoms with E-state index in [4.69, 9.17) is 28.4 Å². The normalized spacial score (nSPS) is 21.0. The molecule has 0 radical (unpaired) electrons. The third-order valence-electron chi connectivity index (χ3n) is 6.95.